The third-order valence-corrected chi connectivity index (χ3v) is 3.59. The van der Waals surface area contributed by atoms with Gasteiger partial charge in [-0.15, -0.1) is 0 Å². The zero-order valence-corrected chi connectivity index (χ0v) is 14.2. The summed E-state index contributed by atoms with van der Waals surface area (Å²) in [6.45, 7) is 11.3. The first-order chi connectivity index (χ1) is 8.83. The van der Waals surface area contributed by atoms with Crippen LogP contribution >= 0.6 is 15.9 Å². The third kappa shape index (κ3) is 6.06. The molecule has 0 aliphatic heterocycles. The minimum absolute atomic E-state index is 0.168. The van der Waals surface area contributed by atoms with Crippen molar-refractivity contribution in [3.63, 3.8) is 0 Å². The van der Waals surface area contributed by atoms with Crippen LogP contribution in [0.4, 0.5) is 0 Å². The molecular formula is C14H26BrN3O. The van der Waals surface area contributed by atoms with E-state index in [9.17, 15) is 0 Å². The summed E-state index contributed by atoms with van der Waals surface area (Å²) in [5.41, 5.74) is 1.42. The predicted octanol–water partition coefficient (Wildman–Crippen LogP) is 2.86. The molecule has 0 bridgehead atoms. The van der Waals surface area contributed by atoms with Crippen molar-refractivity contribution >= 4 is 15.9 Å². The molecule has 110 valence electrons. The van der Waals surface area contributed by atoms with E-state index in [0.29, 0.717) is 12.5 Å². The van der Waals surface area contributed by atoms with Crippen LogP contribution < -0.4 is 5.32 Å². The maximum Gasteiger partial charge on any atom is 0.0658 e. The second-order valence-electron chi connectivity index (χ2n) is 6.10. The molecule has 0 saturated carbocycles. The molecule has 0 amide bonds. The van der Waals surface area contributed by atoms with Gasteiger partial charge in [0.15, 0.2) is 0 Å². The lowest BCUT2D eigenvalue weighted by atomic mass is 10.0. The Bertz CT molecular complexity index is 385. The average Bonchev–Trinajstić information content (AvgIpc) is 2.65. The van der Waals surface area contributed by atoms with Gasteiger partial charge >= 0.3 is 0 Å². The molecule has 1 N–H and O–H groups in total. The van der Waals surface area contributed by atoms with E-state index in [0.717, 1.165) is 24.0 Å². The van der Waals surface area contributed by atoms with Crippen LogP contribution in [0.1, 0.15) is 33.4 Å². The Morgan fingerprint density at radius 3 is 2.74 bits per heavy atom. The van der Waals surface area contributed by atoms with Crippen molar-refractivity contribution in [2.24, 2.45) is 5.92 Å². The van der Waals surface area contributed by atoms with E-state index < -0.39 is 0 Å². The van der Waals surface area contributed by atoms with Gasteiger partial charge in [0.25, 0.3) is 0 Å². The van der Waals surface area contributed by atoms with Gasteiger partial charge in [-0.2, -0.15) is 5.10 Å². The van der Waals surface area contributed by atoms with E-state index in [2.05, 4.69) is 54.0 Å². The van der Waals surface area contributed by atoms with E-state index in [1.807, 2.05) is 10.9 Å². The normalized spacial score (nSPS) is 13.8. The highest BCUT2D eigenvalue weighted by Crippen LogP contribution is 2.19. The topological polar surface area (TPSA) is 39.1 Å². The number of ether oxygens (including phenoxy) is 1. The lowest BCUT2D eigenvalue weighted by Gasteiger charge is -2.23. The second kappa shape index (κ2) is 7.41. The number of aromatic nitrogens is 2. The minimum atomic E-state index is 0.168. The van der Waals surface area contributed by atoms with E-state index in [-0.39, 0.29) is 5.54 Å². The van der Waals surface area contributed by atoms with Gasteiger partial charge in [0.2, 0.25) is 0 Å². The highest BCUT2D eigenvalue weighted by Gasteiger charge is 2.15. The number of nitrogens with zero attached hydrogens (tertiary/aromatic N) is 2. The number of nitrogens with one attached hydrogen (secondary N) is 1. The molecule has 19 heavy (non-hydrogen) atoms. The standard InChI is InChI=1S/C14H26BrN3O/c1-11(9-16-14(2,3)4)8-13-12(15)10-17-18(13)6-7-19-5/h10-11,16H,6-9H2,1-5H3. The molecule has 0 aliphatic rings. The van der Waals surface area contributed by atoms with Gasteiger partial charge in [-0.25, -0.2) is 0 Å². The molecule has 0 aromatic carbocycles. The Labute approximate surface area is 125 Å². The maximum atomic E-state index is 5.12. The maximum absolute atomic E-state index is 5.12. The number of rotatable bonds is 7. The first-order valence-electron chi connectivity index (χ1n) is 6.77. The molecule has 0 spiro atoms. The predicted molar refractivity (Wildman–Crippen MR) is 82.4 cm³/mol. The first kappa shape index (κ1) is 16.7. The van der Waals surface area contributed by atoms with E-state index in [1.165, 1.54) is 5.69 Å². The SMILES string of the molecule is COCCn1ncc(Br)c1CC(C)CNC(C)(C)C. The highest BCUT2D eigenvalue weighted by molar-refractivity contribution is 9.10. The molecule has 0 saturated heterocycles. The molecule has 1 aromatic rings. The quantitative estimate of drug-likeness (QED) is 0.835. The van der Waals surface area contributed by atoms with Crippen LogP contribution in [0.15, 0.2) is 10.7 Å². The summed E-state index contributed by atoms with van der Waals surface area (Å²) in [4.78, 5) is 0. The Morgan fingerprint density at radius 1 is 1.47 bits per heavy atom. The summed E-state index contributed by atoms with van der Waals surface area (Å²) in [6, 6.07) is 0. The first-order valence-corrected chi connectivity index (χ1v) is 7.57. The van der Waals surface area contributed by atoms with Crippen molar-refractivity contribution in [3.05, 3.63) is 16.4 Å². The Kier molecular flexibility index (Phi) is 6.50. The zero-order valence-electron chi connectivity index (χ0n) is 12.7. The van der Waals surface area contributed by atoms with Crippen LogP contribution in [0, 0.1) is 5.92 Å². The second-order valence-corrected chi connectivity index (χ2v) is 6.95. The molecule has 1 aromatic heterocycles. The van der Waals surface area contributed by atoms with Crippen molar-refractivity contribution in [2.45, 2.75) is 46.2 Å². The summed E-state index contributed by atoms with van der Waals surface area (Å²) < 4.78 is 8.24. The molecular weight excluding hydrogens is 306 g/mol. The van der Waals surface area contributed by atoms with Crippen molar-refractivity contribution in [2.75, 3.05) is 20.3 Å². The number of hydrogen-bond donors (Lipinski definition) is 1. The van der Waals surface area contributed by atoms with Crippen LogP contribution in [-0.4, -0.2) is 35.6 Å². The lowest BCUT2D eigenvalue weighted by Crippen LogP contribution is -2.39. The van der Waals surface area contributed by atoms with Crippen molar-refractivity contribution in [1.29, 1.82) is 0 Å². The Balaban J connectivity index is 2.57. The van der Waals surface area contributed by atoms with Gasteiger partial charge in [-0.1, -0.05) is 6.92 Å². The minimum Gasteiger partial charge on any atom is -0.383 e. The van der Waals surface area contributed by atoms with Gasteiger partial charge in [-0.3, -0.25) is 4.68 Å². The average molecular weight is 332 g/mol. The highest BCUT2D eigenvalue weighted by atomic mass is 79.9. The van der Waals surface area contributed by atoms with Gasteiger partial charge in [0.05, 0.1) is 29.5 Å². The monoisotopic (exact) mass is 331 g/mol. The molecule has 1 unspecified atom stereocenters. The molecule has 1 rings (SSSR count). The summed E-state index contributed by atoms with van der Waals surface area (Å²) in [5.74, 6) is 0.563. The lowest BCUT2D eigenvalue weighted by molar-refractivity contribution is 0.182. The molecule has 0 fully saturated rings. The van der Waals surface area contributed by atoms with E-state index in [1.54, 1.807) is 7.11 Å². The number of methoxy groups -OCH3 is 1. The van der Waals surface area contributed by atoms with Gasteiger partial charge < -0.3 is 10.1 Å². The molecule has 5 heteroatoms. The van der Waals surface area contributed by atoms with Gasteiger partial charge in [0, 0.05) is 12.6 Å². The Morgan fingerprint density at radius 2 is 2.16 bits per heavy atom. The fourth-order valence-corrected chi connectivity index (χ4v) is 2.30. The molecule has 0 radical (unpaired) electrons. The summed E-state index contributed by atoms with van der Waals surface area (Å²) in [6.07, 6.45) is 2.88. The van der Waals surface area contributed by atoms with Crippen LogP contribution in [0.25, 0.3) is 0 Å². The fraction of sp³-hybridized carbons (Fsp3) is 0.786. The third-order valence-electron chi connectivity index (χ3n) is 2.93. The van der Waals surface area contributed by atoms with Crippen LogP contribution in [0.2, 0.25) is 0 Å². The van der Waals surface area contributed by atoms with Crippen molar-refractivity contribution < 1.29 is 4.74 Å². The fourth-order valence-electron chi connectivity index (χ4n) is 1.84. The van der Waals surface area contributed by atoms with Gasteiger partial charge in [-0.05, 0) is 55.6 Å². The smallest absolute Gasteiger partial charge is 0.0658 e. The molecule has 0 aliphatic carbocycles. The molecule has 1 heterocycles. The summed E-state index contributed by atoms with van der Waals surface area (Å²) >= 11 is 3.58. The molecule has 4 nitrogen and oxygen atoms in total. The largest absolute Gasteiger partial charge is 0.383 e. The Hall–Kier alpha value is -0.390. The van der Waals surface area contributed by atoms with Crippen LogP contribution in [-0.2, 0) is 17.7 Å². The molecule has 1 atom stereocenters. The number of halogens is 1. The van der Waals surface area contributed by atoms with Crippen LogP contribution in [0.3, 0.4) is 0 Å². The van der Waals surface area contributed by atoms with Crippen molar-refractivity contribution in [1.82, 2.24) is 15.1 Å². The van der Waals surface area contributed by atoms with E-state index >= 15 is 0 Å². The number of hydrogen-bond acceptors (Lipinski definition) is 3. The zero-order chi connectivity index (χ0) is 14.5. The van der Waals surface area contributed by atoms with Crippen molar-refractivity contribution in [3.8, 4) is 0 Å². The van der Waals surface area contributed by atoms with Crippen LogP contribution in [0.5, 0.6) is 0 Å². The van der Waals surface area contributed by atoms with Gasteiger partial charge in [0.1, 0.15) is 0 Å². The van der Waals surface area contributed by atoms with E-state index in [4.69, 9.17) is 4.74 Å². The summed E-state index contributed by atoms with van der Waals surface area (Å²) in [5, 5.41) is 7.93. The summed E-state index contributed by atoms with van der Waals surface area (Å²) in [7, 11) is 1.72.